The zero-order valence-corrected chi connectivity index (χ0v) is 18.1. The Hall–Kier alpha value is -3.32. The Morgan fingerprint density at radius 3 is 2.65 bits per heavy atom. The summed E-state index contributed by atoms with van der Waals surface area (Å²) in [4.78, 5) is 25.5. The van der Waals surface area contributed by atoms with Gasteiger partial charge in [-0.2, -0.15) is 5.10 Å². The molecule has 8 heteroatoms. The van der Waals surface area contributed by atoms with Crippen LogP contribution in [0.15, 0.2) is 53.3 Å². The third kappa shape index (κ3) is 4.14. The normalized spacial score (nSPS) is 11.2. The molecule has 1 amide bonds. The second kappa shape index (κ2) is 8.81. The number of aromatic nitrogens is 3. The number of nitrogens with one attached hydrogen (secondary N) is 1. The molecule has 0 unspecified atom stereocenters. The van der Waals surface area contributed by atoms with E-state index in [9.17, 15) is 9.59 Å². The molecule has 0 atom stereocenters. The van der Waals surface area contributed by atoms with Crippen molar-refractivity contribution < 1.29 is 9.53 Å². The lowest BCUT2D eigenvalue weighted by molar-refractivity contribution is -0.121. The topological polar surface area (TPSA) is 77.6 Å². The minimum absolute atomic E-state index is 0.137. The fourth-order valence-electron chi connectivity index (χ4n) is 3.70. The summed E-state index contributed by atoms with van der Waals surface area (Å²) in [6.45, 7) is 2.29. The average molecular weight is 439 g/mol. The predicted molar refractivity (Wildman–Crippen MR) is 121 cm³/mol. The lowest BCUT2D eigenvalue weighted by Crippen LogP contribution is -2.36. The number of hydrogen-bond acceptors (Lipinski definition) is 4. The maximum Gasteiger partial charge on any atom is 0.291 e. The van der Waals surface area contributed by atoms with Gasteiger partial charge in [-0.15, -0.1) is 0 Å². The van der Waals surface area contributed by atoms with E-state index in [4.69, 9.17) is 16.3 Å². The number of amides is 1. The monoisotopic (exact) mass is 438 g/mol. The Balaban J connectivity index is 1.58. The molecule has 0 saturated heterocycles. The van der Waals surface area contributed by atoms with Crippen LogP contribution in [0.1, 0.15) is 18.3 Å². The van der Waals surface area contributed by atoms with E-state index < -0.39 is 0 Å². The van der Waals surface area contributed by atoms with Gasteiger partial charge in [0.25, 0.3) is 5.56 Å². The van der Waals surface area contributed by atoms with E-state index in [1.165, 1.54) is 4.68 Å². The van der Waals surface area contributed by atoms with E-state index in [0.717, 1.165) is 16.5 Å². The summed E-state index contributed by atoms with van der Waals surface area (Å²) in [5.74, 6) is 1.13. The van der Waals surface area contributed by atoms with Crippen LogP contribution in [0.3, 0.4) is 0 Å². The van der Waals surface area contributed by atoms with Crippen LogP contribution in [0.2, 0.25) is 5.02 Å². The highest BCUT2D eigenvalue weighted by atomic mass is 35.5. The van der Waals surface area contributed by atoms with Gasteiger partial charge in [-0.25, -0.2) is 4.68 Å². The van der Waals surface area contributed by atoms with E-state index in [1.54, 1.807) is 13.2 Å². The fourth-order valence-corrected chi connectivity index (χ4v) is 3.83. The van der Waals surface area contributed by atoms with E-state index in [-0.39, 0.29) is 18.0 Å². The second-order valence-corrected chi connectivity index (χ2v) is 7.65. The molecule has 0 aliphatic rings. The van der Waals surface area contributed by atoms with Gasteiger partial charge in [-0.3, -0.25) is 14.0 Å². The van der Waals surface area contributed by atoms with Gasteiger partial charge in [0, 0.05) is 23.4 Å². The van der Waals surface area contributed by atoms with Gasteiger partial charge >= 0.3 is 0 Å². The number of rotatable bonds is 7. The highest BCUT2D eigenvalue weighted by Gasteiger charge is 2.17. The van der Waals surface area contributed by atoms with Crippen LogP contribution in [0.5, 0.6) is 5.75 Å². The SMILES string of the molecule is CCc1nn(CC(=O)NCCc2ccc(Cl)cc2)c(=O)c2cc3c(OC)cccc3n12. The van der Waals surface area contributed by atoms with E-state index in [0.29, 0.717) is 41.5 Å². The molecule has 0 radical (unpaired) electrons. The molecule has 4 rings (SSSR count). The molecule has 2 aromatic carbocycles. The maximum atomic E-state index is 13.1. The fraction of sp³-hybridized carbons (Fsp3) is 0.261. The molecule has 0 aliphatic heterocycles. The molecule has 160 valence electrons. The zero-order valence-electron chi connectivity index (χ0n) is 17.4. The third-order valence-electron chi connectivity index (χ3n) is 5.23. The number of ether oxygens (including phenoxy) is 1. The first-order chi connectivity index (χ1) is 15.0. The van der Waals surface area contributed by atoms with Gasteiger partial charge in [-0.1, -0.05) is 36.7 Å². The van der Waals surface area contributed by atoms with Crippen LogP contribution in [-0.2, 0) is 24.2 Å². The largest absolute Gasteiger partial charge is 0.496 e. The van der Waals surface area contributed by atoms with Crippen LogP contribution in [0, 0.1) is 0 Å². The summed E-state index contributed by atoms with van der Waals surface area (Å²) in [5.41, 5.74) is 2.09. The zero-order chi connectivity index (χ0) is 22.0. The third-order valence-corrected chi connectivity index (χ3v) is 5.48. The van der Waals surface area contributed by atoms with E-state index in [2.05, 4.69) is 10.4 Å². The molecule has 0 fully saturated rings. The number of nitrogens with zero attached hydrogens (tertiary/aromatic N) is 3. The molecule has 0 saturated carbocycles. The smallest absolute Gasteiger partial charge is 0.291 e. The number of halogens is 1. The standard InChI is InChI=1S/C23H23ClN4O3/c1-3-21-26-27(14-22(29)25-12-11-15-7-9-16(24)10-8-15)23(30)19-13-17-18(28(19)21)5-4-6-20(17)31-2/h4-10,13H,3,11-12,14H2,1-2H3,(H,25,29). The highest BCUT2D eigenvalue weighted by Crippen LogP contribution is 2.28. The molecule has 7 nitrogen and oxygen atoms in total. The molecule has 2 heterocycles. The summed E-state index contributed by atoms with van der Waals surface area (Å²) in [5, 5.41) is 8.83. The minimum atomic E-state index is -0.316. The van der Waals surface area contributed by atoms with E-state index >= 15 is 0 Å². The van der Waals surface area contributed by atoms with Crippen molar-refractivity contribution in [3.05, 3.63) is 75.3 Å². The number of carbonyl (C=O) groups excluding carboxylic acids is 1. The van der Waals surface area contributed by atoms with Gasteiger partial charge in [0.15, 0.2) is 0 Å². The first kappa shape index (κ1) is 20.9. The van der Waals surface area contributed by atoms with Crippen LogP contribution < -0.4 is 15.6 Å². The second-order valence-electron chi connectivity index (χ2n) is 7.22. The number of methoxy groups -OCH3 is 1. The molecular weight excluding hydrogens is 416 g/mol. The molecule has 0 bridgehead atoms. The molecule has 1 N–H and O–H groups in total. The first-order valence-corrected chi connectivity index (χ1v) is 10.5. The first-order valence-electron chi connectivity index (χ1n) is 10.1. The summed E-state index contributed by atoms with van der Waals surface area (Å²) >= 11 is 5.89. The Kier molecular flexibility index (Phi) is 5.95. The average Bonchev–Trinajstić information content (AvgIpc) is 3.17. The van der Waals surface area contributed by atoms with Gasteiger partial charge in [0.1, 0.15) is 23.6 Å². The molecule has 2 aromatic heterocycles. The summed E-state index contributed by atoms with van der Waals surface area (Å²) in [6.07, 6.45) is 1.28. The summed E-state index contributed by atoms with van der Waals surface area (Å²) in [7, 11) is 1.60. The number of carbonyl (C=O) groups is 1. The van der Waals surface area contributed by atoms with Crippen molar-refractivity contribution in [1.29, 1.82) is 0 Å². The van der Waals surface area contributed by atoms with Gasteiger partial charge in [-0.05, 0) is 42.3 Å². The number of aryl methyl sites for hydroxylation is 1. The van der Waals surface area contributed by atoms with Crippen molar-refractivity contribution in [2.75, 3.05) is 13.7 Å². The van der Waals surface area contributed by atoms with Crippen molar-refractivity contribution in [3.8, 4) is 5.75 Å². The number of fused-ring (bicyclic) bond motifs is 3. The van der Waals surface area contributed by atoms with Gasteiger partial charge in [0.2, 0.25) is 5.91 Å². The molecule has 31 heavy (non-hydrogen) atoms. The summed E-state index contributed by atoms with van der Waals surface area (Å²) < 4.78 is 8.51. The minimum Gasteiger partial charge on any atom is -0.496 e. The van der Waals surface area contributed by atoms with Crippen molar-refractivity contribution in [2.45, 2.75) is 26.3 Å². The lowest BCUT2D eigenvalue weighted by Gasteiger charge is -2.11. The van der Waals surface area contributed by atoms with Crippen molar-refractivity contribution in [1.82, 2.24) is 19.5 Å². The van der Waals surface area contributed by atoms with E-state index in [1.807, 2.05) is 53.8 Å². The predicted octanol–water partition coefficient (Wildman–Crippen LogP) is 3.23. The Labute approximate surface area is 184 Å². The molecule has 4 aromatic rings. The highest BCUT2D eigenvalue weighted by molar-refractivity contribution is 6.30. The van der Waals surface area contributed by atoms with Crippen LogP contribution in [0.25, 0.3) is 16.4 Å². The molecular formula is C23H23ClN4O3. The van der Waals surface area contributed by atoms with Crippen LogP contribution >= 0.6 is 11.6 Å². The van der Waals surface area contributed by atoms with Gasteiger partial charge < -0.3 is 10.1 Å². The molecule has 0 spiro atoms. The van der Waals surface area contributed by atoms with Crippen LogP contribution in [0.4, 0.5) is 0 Å². The van der Waals surface area contributed by atoms with Crippen molar-refractivity contribution in [2.24, 2.45) is 0 Å². The Bertz CT molecular complexity index is 1310. The molecule has 0 aliphatic carbocycles. The van der Waals surface area contributed by atoms with Crippen LogP contribution in [-0.4, -0.2) is 33.7 Å². The Morgan fingerprint density at radius 2 is 1.94 bits per heavy atom. The van der Waals surface area contributed by atoms with Crippen molar-refractivity contribution in [3.63, 3.8) is 0 Å². The summed E-state index contributed by atoms with van der Waals surface area (Å²) in [6, 6.07) is 15.0. The van der Waals surface area contributed by atoms with Gasteiger partial charge in [0.05, 0.1) is 12.6 Å². The quantitative estimate of drug-likeness (QED) is 0.480. The Morgan fingerprint density at radius 1 is 1.16 bits per heavy atom. The lowest BCUT2D eigenvalue weighted by atomic mass is 10.1. The number of hydrogen-bond donors (Lipinski definition) is 1. The maximum absolute atomic E-state index is 13.1. The number of benzene rings is 2. The van der Waals surface area contributed by atoms with Crippen molar-refractivity contribution >= 4 is 33.9 Å².